The molecule has 0 atom stereocenters. The van der Waals surface area contributed by atoms with Crippen LogP contribution in [0.15, 0.2) is 30.3 Å². The standard InChI is InChI=1S/C15H18N2O3/c1-10(2)7-8-20-12-5-3-11(4-6-12)13-9-14(15(18)19)17-16-13/h3-6,9-10H,7-8H2,1-2H3,(H,16,17)(H,18,19). The molecule has 1 aromatic heterocycles. The van der Waals surface area contributed by atoms with Gasteiger partial charge in [-0.2, -0.15) is 5.10 Å². The summed E-state index contributed by atoms with van der Waals surface area (Å²) in [6, 6.07) is 8.98. The van der Waals surface area contributed by atoms with Crippen molar-refractivity contribution in [2.24, 2.45) is 5.92 Å². The second-order valence-corrected chi connectivity index (χ2v) is 5.03. The van der Waals surface area contributed by atoms with Crippen molar-refractivity contribution in [2.75, 3.05) is 6.61 Å². The summed E-state index contributed by atoms with van der Waals surface area (Å²) < 4.78 is 5.63. The van der Waals surface area contributed by atoms with Gasteiger partial charge in [-0.05, 0) is 42.7 Å². The molecular formula is C15H18N2O3. The smallest absolute Gasteiger partial charge is 0.353 e. The number of H-pyrrole nitrogens is 1. The molecule has 0 radical (unpaired) electrons. The number of hydrogen-bond acceptors (Lipinski definition) is 3. The number of nitrogens with one attached hydrogen (secondary N) is 1. The highest BCUT2D eigenvalue weighted by Gasteiger charge is 2.09. The van der Waals surface area contributed by atoms with E-state index in [9.17, 15) is 4.79 Å². The largest absolute Gasteiger partial charge is 0.494 e. The van der Waals surface area contributed by atoms with E-state index in [0.29, 0.717) is 18.2 Å². The molecule has 0 amide bonds. The number of ether oxygens (including phenoxy) is 1. The van der Waals surface area contributed by atoms with Gasteiger partial charge in [0, 0.05) is 5.56 Å². The molecule has 0 aliphatic rings. The molecule has 2 rings (SSSR count). The molecule has 1 heterocycles. The Kier molecular flexibility index (Phi) is 4.40. The van der Waals surface area contributed by atoms with Crippen molar-refractivity contribution < 1.29 is 14.6 Å². The van der Waals surface area contributed by atoms with Gasteiger partial charge in [0.25, 0.3) is 0 Å². The lowest BCUT2D eigenvalue weighted by Crippen LogP contribution is -2.01. The summed E-state index contributed by atoms with van der Waals surface area (Å²) in [5.41, 5.74) is 1.54. The Bertz CT molecular complexity index is 573. The van der Waals surface area contributed by atoms with E-state index in [1.165, 1.54) is 6.07 Å². The first-order chi connectivity index (χ1) is 9.56. The number of carboxylic acids is 1. The van der Waals surface area contributed by atoms with Gasteiger partial charge in [-0.3, -0.25) is 5.10 Å². The maximum Gasteiger partial charge on any atom is 0.353 e. The lowest BCUT2D eigenvalue weighted by Gasteiger charge is -2.08. The van der Waals surface area contributed by atoms with Crippen molar-refractivity contribution in [1.82, 2.24) is 10.2 Å². The molecule has 20 heavy (non-hydrogen) atoms. The first kappa shape index (κ1) is 14.1. The minimum absolute atomic E-state index is 0.0808. The fourth-order valence-electron chi connectivity index (χ4n) is 1.71. The minimum atomic E-state index is -1.02. The van der Waals surface area contributed by atoms with Crippen molar-refractivity contribution in [2.45, 2.75) is 20.3 Å². The van der Waals surface area contributed by atoms with E-state index in [-0.39, 0.29) is 5.69 Å². The van der Waals surface area contributed by atoms with Crippen molar-refractivity contribution in [1.29, 1.82) is 0 Å². The lowest BCUT2D eigenvalue weighted by molar-refractivity contribution is 0.0690. The maximum absolute atomic E-state index is 10.8. The van der Waals surface area contributed by atoms with E-state index in [1.54, 1.807) is 0 Å². The van der Waals surface area contributed by atoms with Gasteiger partial charge < -0.3 is 9.84 Å². The zero-order valence-corrected chi connectivity index (χ0v) is 11.6. The molecule has 0 aliphatic heterocycles. The SMILES string of the molecule is CC(C)CCOc1ccc(-c2cc(C(=O)O)[nH]n2)cc1. The Labute approximate surface area is 117 Å². The number of hydrogen-bond donors (Lipinski definition) is 2. The average molecular weight is 274 g/mol. The summed E-state index contributed by atoms with van der Waals surface area (Å²) in [7, 11) is 0. The topological polar surface area (TPSA) is 75.2 Å². The van der Waals surface area contributed by atoms with Crippen LogP contribution in [-0.4, -0.2) is 27.9 Å². The summed E-state index contributed by atoms with van der Waals surface area (Å²) in [4.78, 5) is 10.8. The van der Waals surface area contributed by atoms with Crippen LogP contribution < -0.4 is 4.74 Å². The molecule has 0 fully saturated rings. The van der Waals surface area contributed by atoms with Gasteiger partial charge in [-0.1, -0.05) is 13.8 Å². The highest BCUT2D eigenvalue weighted by Crippen LogP contribution is 2.21. The van der Waals surface area contributed by atoms with Gasteiger partial charge in [0.15, 0.2) is 0 Å². The van der Waals surface area contributed by atoms with Gasteiger partial charge in [0.1, 0.15) is 11.4 Å². The summed E-state index contributed by atoms with van der Waals surface area (Å²) in [5.74, 6) is 0.411. The number of aromatic amines is 1. The Morgan fingerprint density at radius 3 is 2.60 bits per heavy atom. The van der Waals surface area contributed by atoms with E-state index in [1.807, 2.05) is 24.3 Å². The highest BCUT2D eigenvalue weighted by molar-refractivity contribution is 5.86. The summed E-state index contributed by atoms with van der Waals surface area (Å²) in [5, 5.41) is 15.3. The summed E-state index contributed by atoms with van der Waals surface area (Å²) in [6.45, 7) is 5.01. The molecule has 0 saturated heterocycles. The molecule has 0 saturated carbocycles. The quantitative estimate of drug-likeness (QED) is 0.848. The fraction of sp³-hybridized carbons (Fsp3) is 0.333. The van der Waals surface area contributed by atoms with Crippen LogP contribution in [0.4, 0.5) is 0 Å². The maximum atomic E-state index is 10.8. The molecule has 5 heteroatoms. The van der Waals surface area contributed by atoms with Gasteiger partial charge in [-0.25, -0.2) is 4.79 Å². The third kappa shape index (κ3) is 3.60. The average Bonchev–Trinajstić information content (AvgIpc) is 2.89. The number of nitrogens with zero attached hydrogens (tertiary/aromatic N) is 1. The Morgan fingerprint density at radius 1 is 1.35 bits per heavy atom. The highest BCUT2D eigenvalue weighted by atomic mass is 16.5. The van der Waals surface area contributed by atoms with Crippen molar-refractivity contribution in [3.63, 3.8) is 0 Å². The van der Waals surface area contributed by atoms with E-state index in [2.05, 4.69) is 24.0 Å². The number of carbonyl (C=O) groups is 1. The van der Waals surface area contributed by atoms with E-state index < -0.39 is 5.97 Å². The first-order valence-electron chi connectivity index (χ1n) is 6.58. The van der Waals surface area contributed by atoms with Gasteiger partial charge >= 0.3 is 5.97 Å². The number of aromatic carboxylic acids is 1. The van der Waals surface area contributed by atoms with Crippen LogP contribution in [0, 0.1) is 5.92 Å². The van der Waals surface area contributed by atoms with Gasteiger partial charge in [0.05, 0.1) is 12.3 Å². The molecule has 1 aromatic carbocycles. The number of rotatable bonds is 6. The third-order valence-electron chi connectivity index (χ3n) is 2.92. The first-order valence-corrected chi connectivity index (χ1v) is 6.58. The van der Waals surface area contributed by atoms with E-state index in [0.717, 1.165) is 17.7 Å². The normalized spacial score (nSPS) is 10.8. The molecule has 2 N–H and O–H groups in total. The van der Waals surface area contributed by atoms with Crippen LogP contribution >= 0.6 is 0 Å². The van der Waals surface area contributed by atoms with Crippen molar-refractivity contribution >= 4 is 5.97 Å². The molecule has 0 unspecified atom stereocenters. The number of carboxylic acid groups (broad SMARTS) is 1. The van der Waals surface area contributed by atoms with E-state index in [4.69, 9.17) is 9.84 Å². The molecule has 106 valence electrons. The Hall–Kier alpha value is -2.30. The van der Waals surface area contributed by atoms with Crippen LogP contribution in [0.1, 0.15) is 30.8 Å². The Morgan fingerprint density at radius 2 is 2.05 bits per heavy atom. The predicted octanol–water partition coefficient (Wildman–Crippen LogP) is 3.20. The van der Waals surface area contributed by atoms with Gasteiger partial charge in [-0.15, -0.1) is 0 Å². The second kappa shape index (κ2) is 6.23. The number of aromatic nitrogens is 2. The molecule has 0 bridgehead atoms. The molecule has 2 aromatic rings. The minimum Gasteiger partial charge on any atom is -0.494 e. The monoisotopic (exact) mass is 274 g/mol. The zero-order valence-electron chi connectivity index (χ0n) is 11.6. The fourth-order valence-corrected chi connectivity index (χ4v) is 1.71. The molecule has 0 aliphatic carbocycles. The van der Waals surface area contributed by atoms with Crippen molar-refractivity contribution in [3.05, 3.63) is 36.0 Å². The second-order valence-electron chi connectivity index (χ2n) is 5.03. The molecule has 5 nitrogen and oxygen atoms in total. The molecule has 0 spiro atoms. The number of benzene rings is 1. The zero-order chi connectivity index (χ0) is 14.5. The van der Waals surface area contributed by atoms with Gasteiger partial charge in [0.2, 0.25) is 0 Å². The summed E-state index contributed by atoms with van der Waals surface area (Å²) in [6.07, 6.45) is 1.02. The van der Waals surface area contributed by atoms with E-state index >= 15 is 0 Å². The third-order valence-corrected chi connectivity index (χ3v) is 2.92. The Balaban J connectivity index is 2.01. The summed E-state index contributed by atoms with van der Waals surface area (Å²) >= 11 is 0. The lowest BCUT2D eigenvalue weighted by atomic mass is 10.1. The van der Waals surface area contributed by atoms with Crippen LogP contribution in [-0.2, 0) is 0 Å². The van der Waals surface area contributed by atoms with Crippen LogP contribution in [0.25, 0.3) is 11.3 Å². The predicted molar refractivity (Wildman–Crippen MR) is 75.9 cm³/mol. The van der Waals surface area contributed by atoms with Crippen LogP contribution in [0.3, 0.4) is 0 Å². The van der Waals surface area contributed by atoms with Crippen molar-refractivity contribution in [3.8, 4) is 17.0 Å². The van der Waals surface area contributed by atoms with Crippen LogP contribution in [0.2, 0.25) is 0 Å². The van der Waals surface area contributed by atoms with Crippen LogP contribution in [0.5, 0.6) is 5.75 Å². The molecular weight excluding hydrogens is 256 g/mol.